The van der Waals surface area contributed by atoms with Gasteiger partial charge in [-0.05, 0) is 18.4 Å². The molecule has 0 spiro atoms. The molecule has 2 heterocycles. The number of rotatable bonds is 9. The summed E-state index contributed by atoms with van der Waals surface area (Å²) < 4.78 is 26.9. The minimum Gasteiger partial charge on any atom is -0.355 e. The van der Waals surface area contributed by atoms with Gasteiger partial charge < -0.3 is 5.32 Å². The summed E-state index contributed by atoms with van der Waals surface area (Å²) in [4.78, 5) is 12.6. The first-order chi connectivity index (χ1) is 13.0. The molecule has 1 atom stereocenters. The van der Waals surface area contributed by atoms with Crippen molar-refractivity contribution in [2.75, 3.05) is 13.1 Å². The van der Waals surface area contributed by atoms with Crippen molar-refractivity contribution in [3.8, 4) is 12.3 Å². The highest BCUT2D eigenvalue weighted by Crippen LogP contribution is 2.36. The van der Waals surface area contributed by atoms with Crippen molar-refractivity contribution in [3.05, 3.63) is 35.9 Å². The van der Waals surface area contributed by atoms with Crippen LogP contribution in [0.4, 0.5) is 0 Å². The molecule has 1 amide bonds. The highest BCUT2D eigenvalue weighted by atomic mass is 32.2. The zero-order valence-corrected chi connectivity index (χ0v) is 16.0. The summed E-state index contributed by atoms with van der Waals surface area (Å²) in [6.45, 7) is 0.781. The summed E-state index contributed by atoms with van der Waals surface area (Å²) in [6, 6.07) is 8.37. The Morgan fingerprint density at radius 3 is 2.70 bits per heavy atom. The molecule has 0 saturated carbocycles. The average molecular weight is 388 g/mol. The van der Waals surface area contributed by atoms with Gasteiger partial charge in [0.2, 0.25) is 15.9 Å². The number of hydrogen-bond donors (Lipinski definition) is 1. The Hall–Kier alpha value is -2.24. The highest BCUT2D eigenvalue weighted by Gasteiger charge is 2.40. The number of amides is 1. The van der Waals surface area contributed by atoms with Crippen LogP contribution in [0, 0.1) is 12.3 Å². The lowest BCUT2D eigenvalue weighted by atomic mass is 10.0. The molecular weight excluding hydrogens is 364 g/mol. The molecule has 0 aliphatic carbocycles. The zero-order valence-electron chi connectivity index (χ0n) is 15.2. The second-order valence-electron chi connectivity index (χ2n) is 6.94. The van der Waals surface area contributed by atoms with E-state index < -0.39 is 21.7 Å². The van der Waals surface area contributed by atoms with Crippen molar-refractivity contribution < 1.29 is 13.2 Å². The molecule has 0 aromatic heterocycles. The topological polar surface area (TPSA) is 91.2 Å². The van der Waals surface area contributed by atoms with E-state index in [0.717, 1.165) is 5.56 Å². The average Bonchev–Trinajstić information content (AvgIpc) is 3.22. The Morgan fingerprint density at radius 2 is 2.04 bits per heavy atom. The third-order valence-corrected chi connectivity index (χ3v) is 6.78. The standard InChI is InChI=1S/C19H24N4O3S/c1-2-3-11-19(21-22-19)12-13-20-18(24)17-10-7-14-23(17)27(25,26)15-16-8-5-4-6-9-16/h1,4-6,8-9,17H,3,7,10-15H2,(H,20,24). The molecule has 3 rings (SSSR count). The lowest BCUT2D eigenvalue weighted by Gasteiger charge is -2.23. The molecule has 2 aliphatic heterocycles. The van der Waals surface area contributed by atoms with Gasteiger partial charge in [0.05, 0.1) is 5.75 Å². The van der Waals surface area contributed by atoms with Gasteiger partial charge in [-0.1, -0.05) is 30.3 Å². The van der Waals surface area contributed by atoms with Gasteiger partial charge in [-0.3, -0.25) is 4.79 Å². The van der Waals surface area contributed by atoms with Crippen LogP contribution in [0.1, 0.15) is 37.7 Å². The fourth-order valence-electron chi connectivity index (χ4n) is 3.37. The number of nitrogens with one attached hydrogen (secondary N) is 1. The van der Waals surface area contributed by atoms with Crippen molar-refractivity contribution in [2.45, 2.75) is 49.6 Å². The quantitative estimate of drug-likeness (QED) is 0.657. The van der Waals surface area contributed by atoms with Gasteiger partial charge in [0, 0.05) is 32.4 Å². The van der Waals surface area contributed by atoms with Crippen LogP contribution in [0.25, 0.3) is 0 Å². The maximum Gasteiger partial charge on any atom is 0.238 e. The SMILES string of the molecule is C#CCCC1(CCNC(=O)C2CCCN2S(=O)(=O)Cc2ccccc2)N=N1. The number of benzene rings is 1. The lowest BCUT2D eigenvalue weighted by molar-refractivity contribution is -0.124. The molecule has 1 aromatic rings. The number of carbonyl (C=O) groups is 1. The first kappa shape index (κ1) is 19.5. The van der Waals surface area contributed by atoms with Gasteiger partial charge in [0.25, 0.3) is 0 Å². The second-order valence-corrected chi connectivity index (χ2v) is 8.86. The number of carbonyl (C=O) groups excluding carboxylic acids is 1. The fraction of sp³-hybridized carbons (Fsp3) is 0.526. The molecular formula is C19H24N4O3S. The van der Waals surface area contributed by atoms with E-state index in [1.54, 1.807) is 12.1 Å². The Bertz CT molecular complexity index is 839. The monoisotopic (exact) mass is 388 g/mol. The summed E-state index contributed by atoms with van der Waals surface area (Å²) in [7, 11) is -3.55. The van der Waals surface area contributed by atoms with Crippen molar-refractivity contribution in [3.63, 3.8) is 0 Å². The van der Waals surface area contributed by atoms with E-state index in [0.29, 0.717) is 45.2 Å². The molecule has 1 fully saturated rings. The third-order valence-electron chi connectivity index (χ3n) is 4.93. The zero-order chi connectivity index (χ0) is 19.3. The van der Waals surface area contributed by atoms with Crippen LogP contribution < -0.4 is 5.32 Å². The van der Waals surface area contributed by atoms with Gasteiger partial charge in [0.15, 0.2) is 5.66 Å². The van der Waals surface area contributed by atoms with Crippen molar-refractivity contribution in [1.29, 1.82) is 0 Å². The molecule has 2 aliphatic rings. The molecule has 7 nitrogen and oxygen atoms in total. The van der Waals surface area contributed by atoms with E-state index in [-0.39, 0.29) is 11.7 Å². The van der Waals surface area contributed by atoms with Crippen molar-refractivity contribution >= 4 is 15.9 Å². The van der Waals surface area contributed by atoms with Gasteiger partial charge in [-0.15, -0.1) is 12.3 Å². The number of nitrogens with zero attached hydrogens (tertiary/aromatic N) is 3. The minimum atomic E-state index is -3.55. The van der Waals surface area contributed by atoms with E-state index in [1.807, 2.05) is 18.2 Å². The van der Waals surface area contributed by atoms with Gasteiger partial charge >= 0.3 is 0 Å². The summed E-state index contributed by atoms with van der Waals surface area (Å²) in [5.74, 6) is 2.22. The smallest absolute Gasteiger partial charge is 0.238 e. The van der Waals surface area contributed by atoms with Crippen LogP contribution in [-0.4, -0.2) is 43.4 Å². The van der Waals surface area contributed by atoms with E-state index in [4.69, 9.17) is 6.42 Å². The second kappa shape index (κ2) is 8.19. The minimum absolute atomic E-state index is 0.0927. The highest BCUT2D eigenvalue weighted by molar-refractivity contribution is 7.88. The van der Waals surface area contributed by atoms with Crippen molar-refractivity contribution in [2.24, 2.45) is 10.2 Å². The number of sulfonamides is 1. The van der Waals surface area contributed by atoms with E-state index in [1.165, 1.54) is 4.31 Å². The Balaban J connectivity index is 1.54. The van der Waals surface area contributed by atoms with Crippen LogP contribution in [-0.2, 0) is 20.6 Å². The summed E-state index contributed by atoms with van der Waals surface area (Å²) in [5.41, 5.74) is 0.268. The van der Waals surface area contributed by atoms with Crippen LogP contribution in [0.5, 0.6) is 0 Å². The molecule has 0 radical (unpaired) electrons. The molecule has 1 N–H and O–H groups in total. The number of terminal acetylenes is 1. The van der Waals surface area contributed by atoms with Crippen LogP contribution in [0.2, 0.25) is 0 Å². The summed E-state index contributed by atoms with van der Waals surface area (Å²) in [6.07, 6.45) is 8.35. The van der Waals surface area contributed by atoms with Crippen LogP contribution >= 0.6 is 0 Å². The maximum atomic E-state index is 12.8. The number of hydrogen-bond acceptors (Lipinski definition) is 5. The molecule has 8 heteroatoms. The summed E-state index contributed by atoms with van der Waals surface area (Å²) >= 11 is 0. The maximum absolute atomic E-state index is 12.8. The molecule has 27 heavy (non-hydrogen) atoms. The van der Waals surface area contributed by atoms with E-state index >= 15 is 0 Å². The predicted octanol–water partition coefficient (Wildman–Crippen LogP) is 2.06. The molecule has 1 unspecified atom stereocenters. The molecule has 0 bridgehead atoms. The van der Waals surface area contributed by atoms with E-state index in [2.05, 4.69) is 21.5 Å². The Morgan fingerprint density at radius 1 is 1.30 bits per heavy atom. The fourth-order valence-corrected chi connectivity index (χ4v) is 5.15. The Kier molecular flexibility index (Phi) is 5.92. The van der Waals surface area contributed by atoms with Gasteiger partial charge in [0.1, 0.15) is 6.04 Å². The lowest BCUT2D eigenvalue weighted by Crippen LogP contribution is -2.46. The largest absolute Gasteiger partial charge is 0.355 e. The first-order valence-electron chi connectivity index (χ1n) is 9.14. The normalized spacial score (nSPS) is 20.9. The van der Waals surface area contributed by atoms with Crippen LogP contribution in [0.3, 0.4) is 0 Å². The molecule has 1 aromatic carbocycles. The molecule has 144 valence electrons. The Labute approximate surface area is 160 Å². The van der Waals surface area contributed by atoms with Gasteiger partial charge in [-0.25, -0.2) is 8.42 Å². The predicted molar refractivity (Wildman–Crippen MR) is 102 cm³/mol. The van der Waals surface area contributed by atoms with Gasteiger partial charge in [-0.2, -0.15) is 14.5 Å². The third kappa shape index (κ3) is 4.93. The van der Waals surface area contributed by atoms with Crippen LogP contribution in [0.15, 0.2) is 40.6 Å². The first-order valence-corrected chi connectivity index (χ1v) is 10.8. The van der Waals surface area contributed by atoms with Crippen molar-refractivity contribution in [1.82, 2.24) is 9.62 Å². The summed E-state index contributed by atoms with van der Waals surface area (Å²) in [5, 5.41) is 10.9. The molecule has 1 saturated heterocycles. The van der Waals surface area contributed by atoms with E-state index in [9.17, 15) is 13.2 Å².